The summed E-state index contributed by atoms with van der Waals surface area (Å²) in [5, 5.41) is 9.30. The SMILES string of the molecule is C.C=C1CC/C(=C/C=C2\CCCC3(C)C2CCC3C(C)CCCC(C)(C)C#N)CC1C. The predicted molar refractivity (Wildman–Crippen MR) is 136 cm³/mol. The Hall–Kier alpha value is -1.29. The summed E-state index contributed by atoms with van der Waals surface area (Å²) in [6, 6.07) is 2.47. The summed E-state index contributed by atoms with van der Waals surface area (Å²) < 4.78 is 0. The number of nitrogens with zero attached hydrogens (tertiary/aromatic N) is 1. The molecule has 0 bridgehead atoms. The van der Waals surface area contributed by atoms with Crippen molar-refractivity contribution in [3.8, 4) is 6.07 Å². The van der Waals surface area contributed by atoms with Gasteiger partial charge in [0.25, 0.3) is 0 Å². The van der Waals surface area contributed by atoms with Gasteiger partial charge in [-0.15, -0.1) is 0 Å². The highest BCUT2D eigenvalue weighted by Crippen LogP contribution is 2.60. The van der Waals surface area contributed by atoms with Crippen LogP contribution in [0.2, 0.25) is 0 Å². The quantitative estimate of drug-likeness (QED) is 0.390. The first-order valence-corrected chi connectivity index (χ1v) is 12.6. The van der Waals surface area contributed by atoms with Crippen LogP contribution in [0.15, 0.2) is 35.5 Å². The van der Waals surface area contributed by atoms with E-state index in [4.69, 9.17) is 0 Å². The van der Waals surface area contributed by atoms with E-state index in [2.05, 4.69) is 59.4 Å². The lowest BCUT2D eigenvalue weighted by Crippen LogP contribution is -2.36. The Bertz CT molecular complexity index is 730. The maximum absolute atomic E-state index is 9.30. The van der Waals surface area contributed by atoms with Crippen LogP contribution in [-0.2, 0) is 0 Å². The number of fused-ring (bicyclic) bond motifs is 1. The lowest BCUT2D eigenvalue weighted by molar-refractivity contribution is 0.0924. The maximum Gasteiger partial charge on any atom is 0.0683 e. The molecule has 3 rings (SSSR count). The van der Waals surface area contributed by atoms with Gasteiger partial charge in [0.15, 0.2) is 0 Å². The molecule has 0 aromatic rings. The molecular formula is C30H49N. The van der Waals surface area contributed by atoms with Crippen LogP contribution in [0.25, 0.3) is 0 Å². The van der Waals surface area contributed by atoms with Crippen molar-refractivity contribution in [1.29, 1.82) is 5.26 Å². The van der Waals surface area contributed by atoms with Gasteiger partial charge in [-0.05, 0) is 101 Å². The first-order chi connectivity index (χ1) is 14.2. The Labute approximate surface area is 194 Å². The molecule has 3 aliphatic carbocycles. The molecule has 0 aromatic carbocycles. The van der Waals surface area contributed by atoms with Crippen molar-refractivity contribution in [1.82, 2.24) is 0 Å². The van der Waals surface area contributed by atoms with E-state index in [1.54, 1.807) is 11.1 Å². The largest absolute Gasteiger partial charge is 0.198 e. The summed E-state index contributed by atoms with van der Waals surface area (Å²) in [6.07, 6.45) is 19.0. The van der Waals surface area contributed by atoms with Gasteiger partial charge in [0, 0.05) is 0 Å². The van der Waals surface area contributed by atoms with Gasteiger partial charge in [-0.2, -0.15) is 5.26 Å². The number of allylic oxidation sites excluding steroid dienone is 5. The summed E-state index contributed by atoms with van der Waals surface area (Å²) in [4.78, 5) is 0. The molecule has 0 N–H and O–H groups in total. The van der Waals surface area contributed by atoms with E-state index in [0.29, 0.717) is 11.3 Å². The van der Waals surface area contributed by atoms with E-state index in [-0.39, 0.29) is 12.8 Å². The van der Waals surface area contributed by atoms with Crippen molar-refractivity contribution in [3.63, 3.8) is 0 Å². The average molecular weight is 424 g/mol. The molecule has 174 valence electrons. The van der Waals surface area contributed by atoms with E-state index in [9.17, 15) is 5.26 Å². The lowest BCUT2D eigenvalue weighted by atomic mass is 9.60. The van der Waals surface area contributed by atoms with Crippen molar-refractivity contribution >= 4 is 0 Å². The molecule has 5 atom stereocenters. The highest BCUT2D eigenvalue weighted by molar-refractivity contribution is 5.27. The first kappa shape index (κ1) is 26.0. The number of nitriles is 1. The molecule has 31 heavy (non-hydrogen) atoms. The van der Waals surface area contributed by atoms with Gasteiger partial charge in [0.05, 0.1) is 11.5 Å². The zero-order valence-corrected chi connectivity index (χ0v) is 20.4. The molecule has 0 radical (unpaired) electrons. The van der Waals surface area contributed by atoms with Gasteiger partial charge in [-0.3, -0.25) is 0 Å². The molecule has 0 aromatic heterocycles. The highest BCUT2D eigenvalue weighted by atomic mass is 14.5. The molecule has 0 spiro atoms. The van der Waals surface area contributed by atoms with Crippen molar-refractivity contribution < 1.29 is 0 Å². The predicted octanol–water partition coefficient (Wildman–Crippen LogP) is 9.42. The molecule has 3 fully saturated rings. The summed E-state index contributed by atoms with van der Waals surface area (Å²) in [5.74, 6) is 3.07. The molecule has 5 unspecified atom stereocenters. The number of hydrogen-bond acceptors (Lipinski definition) is 1. The molecule has 0 aliphatic heterocycles. The fourth-order valence-corrected chi connectivity index (χ4v) is 6.92. The Morgan fingerprint density at radius 2 is 1.97 bits per heavy atom. The van der Waals surface area contributed by atoms with E-state index in [1.807, 2.05) is 0 Å². The average Bonchev–Trinajstić information content (AvgIpc) is 3.06. The molecule has 0 saturated heterocycles. The third-order valence-corrected chi connectivity index (χ3v) is 9.05. The second kappa shape index (κ2) is 10.6. The topological polar surface area (TPSA) is 23.8 Å². The fourth-order valence-electron chi connectivity index (χ4n) is 6.92. The third-order valence-electron chi connectivity index (χ3n) is 9.05. The molecule has 3 saturated carbocycles. The maximum atomic E-state index is 9.30. The van der Waals surface area contributed by atoms with Gasteiger partial charge in [0.2, 0.25) is 0 Å². The number of rotatable bonds is 6. The van der Waals surface area contributed by atoms with E-state index >= 15 is 0 Å². The molecule has 3 aliphatic rings. The minimum absolute atomic E-state index is 0. The van der Waals surface area contributed by atoms with Crippen LogP contribution >= 0.6 is 0 Å². The standard InChI is InChI=1S/C29H45N.CH4/c1-21-11-12-24(19-23(21)3)13-14-25-10-8-18-29(6)26(15-16-27(25)29)22(2)9-7-17-28(4,5)20-30;/h13-14,22-23,26-27H,1,7-12,15-19H2,2-6H3;1H4/b24-13-,25-14+;. The van der Waals surface area contributed by atoms with E-state index in [1.165, 1.54) is 69.8 Å². The Kier molecular flexibility index (Phi) is 8.84. The van der Waals surface area contributed by atoms with E-state index < -0.39 is 0 Å². The van der Waals surface area contributed by atoms with Gasteiger partial charge in [-0.1, -0.05) is 76.5 Å². The summed E-state index contributed by atoms with van der Waals surface area (Å²) in [5.41, 5.74) is 5.14. The highest BCUT2D eigenvalue weighted by Gasteiger charge is 2.50. The summed E-state index contributed by atoms with van der Waals surface area (Å²) in [6.45, 7) is 15.8. The molecule has 1 nitrogen and oxygen atoms in total. The second-order valence-corrected chi connectivity index (χ2v) is 11.8. The zero-order chi connectivity index (χ0) is 21.9. The zero-order valence-electron chi connectivity index (χ0n) is 20.4. The minimum atomic E-state index is -0.168. The molecule has 1 heteroatoms. The van der Waals surface area contributed by atoms with Gasteiger partial charge < -0.3 is 0 Å². The van der Waals surface area contributed by atoms with Crippen molar-refractivity contribution in [3.05, 3.63) is 35.5 Å². The first-order valence-electron chi connectivity index (χ1n) is 12.6. The fraction of sp³-hybridized carbons (Fsp3) is 0.767. The van der Waals surface area contributed by atoms with Crippen LogP contribution in [0.1, 0.15) is 113 Å². The van der Waals surface area contributed by atoms with Crippen molar-refractivity contribution in [2.24, 2.45) is 34.5 Å². The van der Waals surface area contributed by atoms with Crippen molar-refractivity contribution in [2.45, 2.75) is 113 Å². The number of hydrogen-bond donors (Lipinski definition) is 0. The normalized spacial score (nSPS) is 34.8. The Balaban J connectivity index is 0.00000341. The van der Waals surface area contributed by atoms with Gasteiger partial charge >= 0.3 is 0 Å². The van der Waals surface area contributed by atoms with Gasteiger partial charge in [0.1, 0.15) is 0 Å². The van der Waals surface area contributed by atoms with E-state index in [0.717, 1.165) is 24.2 Å². The summed E-state index contributed by atoms with van der Waals surface area (Å²) in [7, 11) is 0. The van der Waals surface area contributed by atoms with Crippen LogP contribution in [0, 0.1) is 45.8 Å². The van der Waals surface area contributed by atoms with Crippen LogP contribution in [0.3, 0.4) is 0 Å². The second-order valence-electron chi connectivity index (χ2n) is 11.8. The molecule has 0 amide bonds. The smallest absolute Gasteiger partial charge is 0.0683 e. The van der Waals surface area contributed by atoms with Crippen LogP contribution < -0.4 is 0 Å². The molecular weight excluding hydrogens is 374 g/mol. The summed E-state index contributed by atoms with van der Waals surface area (Å²) >= 11 is 0. The van der Waals surface area contributed by atoms with Crippen LogP contribution in [0.4, 0.5) is 0 Å². The van der Waals surface area contributed by atoms with Gasteiger partial charge in [-0.25, -0.2) is 0 Å². The van der Waals surface area contributed by atoms with Crippen LogP contribution in [0.5, 0.6) is 0 Å². The Morgan fingerprint density at radius 1 is 1.23 bits per heavy atom. The van der Waals surface area contributed by atoms with Crippen molar-refractivity contribution in [2.75, 3.05) is 0 Å². The lowest BCUT2D eigenvalue weighted by Gasteiger charge is -2.44. The minimum Gasteiger partial charge on any atom is -0.198 e. The third kappa shape index (κ3) is 5.94. The molecule has 0 heterocycles. The Morgan fingerprint density at radius 3 is 2.65 bits per heavy atom. The monoisotopic (exact) mass is 423 g/mol. The van der Waals surface area contributed by atoms with Crippen LogP contribution in [-0.4, -0.2) is 0 Å².